The minimum atomic E-state index is -0.0302. The molecule has 1 aliphatic carbocycles. The van der Waals surface area contributed by atoms with Crippen LogP contribution in [0.25, 0.3) is 0 Å². The Bertz CT molecular complexity index is 494. The van der Waals surface area contributed by atoms with Gasteiger partial charge < -0.3 is 5.73 Å². The highest BCUT2D eigenvalue weighted by Gasteiger charge is 2.28. The second-order valence-corrected chi connectivity index (χ2v) is 5.45. The van der Waals surface area contributed by atoms with Crippen molar-refractivity contribution in [2.75, 3.05) is 0 Å². The summed E-state index contributed by atoms with van der Waals surface area (Å²) in [7, 11) is 0. The van der Waals surface area contributed by atoms with E-state index in [1.165, 1.54) is 23.3 Å². The zero-order valence-electron chi connectivity index (χ0n) is 9.54. The van der Waals surface area contributed by atoms with E-state index in [1.807, 2.05) is 11.3 Å². The molecule has 2 unspecified atom stereocenters. The minimum absolute atomic E-state index is 0.0302. The molecule has 2 aromatic heterocycles. The van der Waals surface area contributed by atoms with E-state index in [-0.39, 0.29) is 6.04 Å². The zero-order chi connectivity index (χ0) is 11.7. The quantitative estimate of drug-likeness (QED) is 0.885. The fourth-order valence-corrected chi connectivity index (χ4v) is 3.58. The number of nitrogens with zero attached hydrogens (tertiary/aromatic N) is 2. The smallest absolute Gasteiger partial charge is 0.0760 e. The zero-order valence-corrected chi connectivity index (χ0v) is 10.4. The average molecular weight is 245 g/mol. The number of aryl methyl sites for hydroxylation is 1. The highest BCUT2D eigenvalue weighted by atomic mass is 32.1. The molecule has 0 saturated heterocycles. The Balaban J connectivity index is 1.92. The van der Waals surface area contributed by atoms with Crippen LogP contribution >= 0.6 is 11.3 Å². The molecule has 3 rings (SSSR count). The molecule has 2 atom stereocenters. The van der Waals surface area contributed by atoms with Gasteiger partial charge in [0.2, 0.25) is 0 Å². The van der Waals surface area contributed by atoms with E-state index >= 15 is 0 Å². The van der Waals surface area contributed by atoms with Crippen LogP contribution < -0.4 is 5.73 Å². The molecule has 2 N–H and O–H groups in total. The van der Waals surface area contributed by atoms with Crippen molar-refractivity contribution >= 4 is 11.3 Å². The van der Waals surface area contributed by atoms with Crippen LogP contribution in [0.2, 0.25) is 0 Å². The lowest BCUT2D eigenvalue weighted by atomic mass is 9.82. The summed E-state index contributed by atoms with van der Waals surface area (Å²) in [4.78, 5) is 9.93. The molecule has 0 saturated carbocycles. The standard InChI is InChI=1S/C13H15N3S/c14-13(11-8-15-5-6-16-11)10-2-1-3-12-9(10)4-7-17-12/h4-8,10,13H,1-3,14H2. The minimum Gasteiger partial charge on any atom is -0.322 e. The van der Waals surface area contributed by atoms with Crippen molar-refractivity contribution in [1.82, 2.24) is 9.97 Å². The van der Waals surface area contributed by atoms with Crippen molar-refractivity contribution in [3.8, 4) is 0 Å². The van der Waals surface area contributed by atoms with Gasteiger partial charge in [-0.2, -0.15) is 0 Å². The third kappa shape index (κ3) is 1.98. The monoisotopic (exact) mass is 245 g/mol. The normalized spacial score (nSPS) is 20.9. The summed E-state index contributed by atoms with van der Waals surface area (Å²) < 4.78 is 0. The molecule has 3 nitrogen and oxygen atoms in total. The van der Waals surface area contributed by atoms with Crippen molar-refractivity contribution in [2.45, 2.75) is 31.2 Å². The summed E-state index contributed by atoms with van der Waals surface area (Å²) in [6.07, 6.45) is 8.77. The first-order valence-corrected chi connectivity index (χ1v) is 6.82. The first-order valence-electron chi connectivity index (χ1n) is 5.94. The molecule has 88 valence electrons. The number of hydrogen-bond acceptors (Lipinski definition) is 4. The Morgan fingerprint density at radius 1 is 1.41 bits per heavy atom. The third-order valence-electron chi connectivity index (χ3n) is 3.46. The van der Waals surface area contributed by atoms with E-state index in [0.717, 1.165) is 12.1 Å². The molecule has 2 aromatic rings. The highest BCUT2D eigenvalue weighted by molar-refractivity contribution is 7.10. The second kappa shape index (κ2) is 4.55. The Labute approximate surface area is 105 Å². The first kappa shape index (κ1) is 10.9. The van der Waals surface area contributed by atoms with Crippen molar-refractivity contribution in [1.29, 1.82) is 0 Å². The van der Waals surface area contributed by atoms with Crippen LogP contribution in [0.4, 0.5) is 0 Å². The summed E-state index contributed by atoms with van der Waals surface area (Å²) in [6, 6.07) is 2.19. The summed E-state index contributed by atoms with van der Waals surface area (Å²) in [5, 5.41) is 2.17. The highest BCUT2D eigenvalue weighted by Crippen LogP contribution is 2.40. The van der Waals surface area contributed by atoms with Gasteiger partial charge in [0.1, 0.15) is 0 Å². The van der Waals surface area contributed by atoms with Gasteiger partial charge in [-0.05, 0) is 36.3 Å². The van der Waals surface area contributed by atoms with Gasteiger partial charge in [0.05, 0.1) is 11.7 Å². The maximum atomic E-state index is 6.35. The molecule has 0 aliphatic heterocycles. The predicted molar refractivity (Wildman–Crippen MR) is 69.0 cm³/mol. The van der Waals surface area contributed by atoms with Gasteiger partial charge in [-0.3, -0.25) is 9.97 Å². The van der Waals surface area contributed by atoms with Crippen molar-refractivity contribution < 1.29 is 0 Å². The maximum absolute atomic E-state index is 6.35. The van der Waals surface area contributed by atoms with E-state index in [2.05, 4.69) is 21.4 Å². The third-order valence-corrected chi connectivity index (χ3v) is 4.45. The summed E-state index contributed by atoms with van der Waals surface area (Å²) in [5.74, 6) is 0.404. The number of nitrogens with two attached hydrogens (primary N) is 1. The molecule has 4 heteroatoms. The molecule has 1 aliphatic rings. The topological polar surface area (TPSA) is 51.8 Å². The molecular weight excluding hydrogens is 230 g/mol. The van der Waals surface area contributed by atoms with Crippen LogP contribution in [0.3, 0.4) is 0 Å². The number of thiophene rings is 1. The summed E-state index contributed by atoms with van der Waals surface area (Å²) in [5.41, 5.74) is 8.68. The summed E-state index contributed by atoms with van der Waals surface area (Å²) in [6.45, 7) is 0. The lowest BCUT2D eigenvalue weighted by molar-refractivity contribution is 0.470. The van der Waals surface area contributed by atoms with Crippen molar-refractivity contribution in [3.05, 3.63) is 46.2 Å². The lowest BCUT2D eigenvalue weighted by Gasteiger charge is -2.27. The van der Waals surface area contributed by atoms with E-state index in [1.54, 1.807) is 18.6 Å². The average Bonchev–Trinajstić information content (AvgIpc) is 2.87. The number of fused-ring (bicyclic) bond motifs is 1. The van der Waals surface area contributed by atoms with Crippen molar-refractivity contribution in [2.24, 2.45) is 5.73 Å². The molecule has 0 spiro atoms. The molecule has 2 heterocycles. The maximum Gasteiger partial charge on any atom is 0.0760 e. The van der Waals surface area contributed by atoms with Gasteiger partial charge >= 0.3 is 0 Å². The predicted octanol–water partition coefficient (Wildman–Crippen LogP) is 2.66. The Kier molecular flexibility index (Phi) is 2.91. The second-order valence-electron chi connectivity index (χ2n) is 4.45. The largest absolute Gasteiger partial charge is 0.322 e. The number of rotatable bonds is 2. The number of aromatic nitrogens is 2. The molecule has 0 aromatic carbocycles. The van der Waals surface area contributed by atoms with Crippen LogP contribution in [-0.2, 0) is 6.42 Å². The molecular formula is C13H15N3S. The van der Waals surface area contributed by atoms with Gasteiger partial charge in [-0.15, -0.1) is 11.3 Å². The van der Waals surface area contributed by atoms with Crippen LogP contribution in [0.5, 0.6) is 0 Å². The van der Waals surface area contributed by atoms with Crippen molar-refractivity contribution in [3.63, 3.8) is 0 Å². The number of hydrogen-bond donors (Lipinski definition) is 1. The fourth-order valence-electron chi connectivity index (χ4n) is 2.58. The summed E-state index contributed by atoms with van der Waals surface area (Å²) >= 11 is 1.85. The SMILES string of the molecule is NC(c1cnccn1)C1CCCc2sccc21. The van der Waals surface area contributed by atoms with E-state index < -0.39 is 0 Å². The van der Waals surface area contributed by atoms with Gasteiger partial charge in [0, 0.05) is 29.4 Å². The molecule has 0 amide bonds. The van der Waals surface area contributed by atoms with Gasteiger partial charge in [-0.1, -0.05) is 0 Å². The first-order chi connectivity index (χ1) is 8.36. The molecule has 0 bridgehead atoms. The van der Waals surface area contributed by atoms with Crippen LogP contribution in [0.15, 0.2) is 30.0 Å². The van der Waals surface area contributed by atoms with Crippen LogP contribution in [0, 0.1) is 0 Å². The Hall–Kier alpha value is -1.26. The van der Waals surface area contributed by atoms with Crippen LogP contribution in [0.1, 0.15) is 40.9 Å². The van der Waals surface area contributed by atoms with E-state index in [0.29, 0.717) is 5.92 Å². The Morgan fingerprint density at radius 2 is 2.35 bits per heavy atom. The van der Waals surface area contributed by atoms with E-state index in [4.69, 9.17) is 5.73 Å². The van der Waals surface area contributed by atoms with E-state index in [9.17, 15) is 0 Å². The molecule has 17 heavy (non-hydrogen) atoms. The molecule has 0 radical (unpaired) electrons. The van der Waals surface area contributed by atoms with Gasteiger partial charge in [0.25, 0.3) is 0 Å². The van der Waals surface area contributed by atoms with Gasteiger partial charge in [-0.25, -0.2) is 0 Å². The van der Waals surface area contributed by atoms with Crippen LogP contribution in [-0.4, -0.2) is 9.97 Å². The van der Waals surface area contributed by atoms with Gasteiger partial charge in [0.15, 0.2) is 0 Å². The molecule has 0 fully saturated rings. The Morgan fingerprint density at radius 3 is 3.18 bits per heavy atom. The lowest BCUT2D eigenvalue weighted by Crippen LogP contribution is -2.23. The fraction of sp³-hybridized carbons (Fsp3) is 0.385.